The van der Waals surface area contributed by atoms with Gasteiger partial charge in [-0.15, -0.1) is 0 Å². The molecule has 0 aromatic carbocycles. The van der Waals surface area contributed by atoms with Crippen LogP contribution in [-0.2, 0) is 0 Å². The van der Waals surface area contributed by atoms with Gasteiger partial charge in [0.1, 0.15) is 11.8 Å². The van der Waals surface area contributed by atoms with Gasteiger partial charge in [-0.3, -0.25) is 10.2 Å². The summed E-state index contributed by atoms with van der Waals surface area (Å²) >= 11 is 0. The van der Waals surface area contributed by atoms with Gasteiger partial charge in [0.2, 0.25) is 5.82 Å². The van der Waals surface area contributed by atoms with E-state index in [9.17, 15) is 4.79 Å². The maximum atomic E-state index is 12.4. The summed E-state index contributed by atoms with van der Waals surface area (Å²) in [5, 5.41) is 11.9. The van der Waals surface area contributed by atoms with E-state index >= 15 is 0 Å². The van der Waals surface area contributed by atoms with Gasteiger partial charge in [0.05, 0.1) is 18.6 Å². The number of fused-ring (bicyclic) bond motifs is 1. The third kappa shape index (κ3) is 3.12. The van der Waals surface area contributed by atoms with Crippen molar-refractivity contribution in [3.63, 3.8) is 0 Å². The molecule has 1 amide bonds. The first-order chi connectivity index (χ1) is 12.2. The number of carbonyl (C=O) groups excluding carboxylic acids is 1. The van der Waals surface area contributed by atoms with Crippen LogP contribution in [0.25, 0.3) is 0 Å². The van der Waals surface area contributed by atoms with E-state index in [0.717, 1.165) is 24.8 Å². The van der Waals surface area contributed by atoms with Gasteiger partial charge in [0.15, 0.2) is 0 Å². The molecule has 4 atom stereocenters. The first kappa shape index (κ1) is 15.7. The highest BCUT2D eigenvalue weighted by molar-refractivity contribution is 5.90. The number of hydrogen-bond donors (Lipinski definition) is 3. The highest BCUT2D eigenvalue weighted by atomic mass is 16.3. The number of hydrogen-bond acceptors (Lipinski definition) is 7. The highest BCUT2D eigenvalue weighted by Gasteiger charge is 2.41. The Kier molecular flexibility index (Phi) is 4.17. The third-order valence-electron chi connectivity index (χ3n) is 4.96. The predicted molar refractivity (Wildman–Crippen MR) is 86.9 cm³/mol. The lowest BCUT2D eigenvalue weighted by atomic mass is 9.77. The zero-order valence-corrected chi connectivity index (χ0v) is 13.5. The van der Waals surface area contributed by atoms with Crippen molar-refractivity contribution in [1.82, 2.24) is 26.1 Å². The lowest BCUT2D eigenvalue weighted by Gasteiger charge is -2.33. The summed E-state index contributed by atoms with van der Waals surface area (Å²) in [5.74, 6) is 0.0672. The lowest BCUT2D eigenvalue weighted by Crippen LogP contribution is -2.44. The van der Waals surface area contributed by atoms with E-state index < -0.39 is 0 Å². The van der Waals surface area contributed by atoms with E-state index in [0.29, 0.717) is 12.0 Å². The predicted octanol–water partition coefficient (Wildman–Crippen LogP) is 1.06. The van der Waals surface area contributed by atoms with E-state index in [1.54, 1.807) is 12.5 Å². The van der Waals surface area contributed by atoms with Crippen LogP contribution in [0.2, 0.25) is 0 Å². The quantitative estimate of drug-likeness (QED) is 0.766. The second-order valence-corrected chi connectivity index (χ2v) is 6.45. The Morgan fingerprint density at radius 2 is 2.28 bits per heavy atom. The van der Waals surface area contributed by atoms with Crippen molar-refractivity contribution in [2.24, 2.45) is 5.92 Å². The van der Waals surface area contributed by atoms with E-state index in [1.165, 1.54) is 12.3 Å². The summed E-state index contributed by atoms with van der Waals surface area (Å²) in [4.78, 5) is 20.3. The Morgan fingerprint density at radius 3 is 3.08 bits per heavy atom. The maximum absolute atomic E-state index is 12.4. The molecule has 1 aliphatic heterocycles. The molecule has 4 unspecified atom stereocenters. The minimum Gasteiger partial charge on any atom is -0.472 e. The second-order valence-electron chi connectivity index (χ2n) is 6.45. The van der Waals surface area contributed by atoms with Crippen LogP contribution in [0, 0.1) is 17.2 Å². The Morgan fingerprint density at radius 1 is 1.36 bits per heavy atom. The van der Waals surface area contributed by atoms with Crippen LogP contribution in [0.15, 0.2) is 35.3 Å². The average molecular weight is 338 g/mol. The molecular formula is C17H18N6O2. The Bertz CT molecular complexity index is 800. The molecule has 1 saturated heterocycles. The monoisotopic (exact) mass is 338 g/mol. The first-order valence-corrected chi connectivity index (χ1v) is 8.32. The van der Waals surface area contributed by atoms with E-state index in [-0.39, 0.29) is 29.5 Å². The van der Waals surface area contributed by atoms with Crippen molar-refractivity contribution in [2.75, 3.05) is 0 Å². The zero-order chi connectivity index (χ0) is 17.2. The third-order valence-corrected chi connectivity index (χ3v) is 4.96. The number of amides is 1. The number of nitriles is 1. The van der Waals surface area contributed by atoms with Crippen LogP contribution in [0.1, 0.15) is 47.2 Å². The molecule has 8 heteroatoms. The molecule has 2 aliphatic rings. The zero-order valence-electron chi connectivity index (χ0n) is 13.5. The average Bonchev–Trinajstić information content (AvgIpc) is 3.30. The van der Waals surface area contributed by atoms with E-state index in [2.05, 4.69) is 26.1 Å². The Labute approximate surface area is 144 Å². The molecule has 2 aromatic rings. The molecule has 3 heterocycles. The standard InChI is InChI=1S/C17H18N6O2/c18-8-12-3-5-19-16(20-12)17(24)21-11-1-2-14-13(7-11)15(23-22-14)10-4-6-25-9-10/h3-6,9,11,13-15,22-23H,1-2,7H2,(H,21,24). The molecule has 0 radical (unpaired) electrons. The van der Waals surface area contributed by atoms with Crippen LogP contribution in [0.4, 0.5) is 0 Å². The lowest BCUT2D eigenvalue weighted by molar-refractivity contribution is 0.0904. The molecular weight excluding hydrogens is 320 g/mol. The summed E-state index contributed by atoms with van der Waals surface area (Å²) in [7, 11) is 0. The molecule has 2 fully saturated rings. The van der Waals surface area contributed by atoms with Gasteiger partial charge in [0.25, 0.3) is 5.91 Å². The molecule has 8 nitrogen and oxygen atoms in total. The second kappa shape index (κ2) is 6.63. The summed E-state index contributed by atoms with van der Waals surface area (Å²) in [6, 6.07) is 5.97. The number of nitrogens with zero attached hydrogens (tertiary/aromatic N) is 3. The van der Waals surface area contributed by atoms with Crippen molar-refractivity contribution in [3.8, 4) is 6.07 Å². The number of nitrogens with one attached hydrogen (secondary N) is 3. The number of carbonyl (C=O) groups is 1. The number of aromatic nitrogens is 2. The van der Waals surface area contributed by atoms with Crippen LogP contribution in [0.5, 0.6) is 0 Å². The smallest absolute Gasteiger partial charge is 0.289 e. The first-order valence-electron chi connectivity index (χ1n) is 8.32. The van der Waals surface area contributed by atoms with Crippen LogP contribution >= 0.6 is 0 Å². The molecule has 3 N–H and O–H groups in total. The summed E-state index contributed by atoms with van der Waals surface area (Å²) in [6.45, 7) is 0. The SMILES string of the molecule is N#Cc1ccnc(C(=O)NC2CCC3NNC(c4ccoc4)C3C2)n1. The number of hydrazine groups is 1. The van der Waals surface area contributed by atoms with Gasteiger partial charge < -0.3 is 9.73 Å². The van der Waals surface area contributed by atoms with Gasteiger partial charge in [-0.05, 0) is 37.3 Å². The van der Waals surface area contributed by atoms with Gasteiger partial charge in [0, 0.05) is 23.8 Å². The molecule has 4 rings (SSSR count). The largest absolute Gasteiger partial charge is 0.472 e. The topological polar surface area (TPSA) is 116 Å². The van der Waals surface area contributed by atoms with Crippen molar-refractivity contribution < 1.29 is 9.21 Å². The Hall–Kier alpha value is -2.76. The van der Waals surface area contributed by atoms with E-state index in [4.69, 9.17) is 9.68 Å². The minimum absolute atomic E-state index is 0.0372. The van der Waals surface area contributed by atoms with Crippen LogP contribution in [-0.4, -0.2) is 28.0 Å². The fourth-order valence-corrected chi connectivity index (χ4v) is 3.75. The maximum Gasteiger partial charge on any atom is 0.289 e. The van der Waals surface area contributed by atoms with Gasteiger partial charge in [-0.25, -0.2) is 15.4 Å². The molecule has 128 valence electrons. The summed E-state index contributed by atoms with van der Waals surface area (Å²) in [5.41, 5.74) is 7.99. The van der Waals surface area contributed by atoms with Crippen molar-refractivity contribution in [2.45, 2.75) is 37.4 Å². The number of furan rings is 1. The summed E-state index contributed by atoms with van der Waals surface area (Å²) < 4.78 is 5.20. The molecule has 2 aromatic heterocycles. The van der Waals surface area contributed by atoms with Crippen molar-refractivity contribution >= 4 is 5.91 Å². The molecule has 1 saturated carbocycles. The molecule has 25 heavy (non-hydrogen) atoms. The van der Waals surface area contributed by atoms with Crippen LogP contribution < -0.4 is 16.2 Å². The normalized spacial score (nSPS) is 28.1. The number of rotatable bonds is 3. The molecule has 0 bridgehead atoms. The van der Waals surface area contributed by atoms with Gasteiger partial charge >= 0.3 is 0 Å². The minimum atomic E-state index is -0.334. The highest BCUT2D eigenvalue weighted by Crippen LogP contribution is 2.38. The molecule has 1 aliphatic carbocycles. The van der Waals surface area contributed by atoms with Crippen molar-refractivity contribution in [1.29, 1.82) is 5.26 Å². The van der Waals surface area contributed by atoms with Gasteiger partial charge in [-0.1, -0.05) is 0 Å². The molecule has 0 spiro atoms. The van der Waals surface area contributed by atoms with E-state index in [1.807, 2.05) is 12.1 Å². The van der Waals surface area contributed by atoms with Crippen LogP contribution in [0.3, 0.4) is 0 Å². The Balaban J connectivity index is 1.44. The summed E-state index contributed by atoms with van der Waals surface area (Å²) in [6.07, 6.45) is 7.56. The van der Waals surface area contributed by atoms with Gasteiger partial charge in [-0.2, -0.15) is 5.26 Å². The fraction of sp³-hybridized carbons (Fsp3) is 0.412. The van der Waals surface area contributed by atoms with Crippen molar-refractivity contribution in [3.05, 3.63) is 47.9 Å². The fourth-order valence-electron chi connectivity index (χ4n) is 3.75.